The van der Waals surface area contributed by atoms with Gasteiger partial charge in [0.1, 0.15) is 12.4 Å². The maximum atomic E-state index is 13.6. The van der Waals surface area contributed by atoms with Crippen LogP contribution in [-0.4, -0.2) is 35.5 Å². The summed E-state index contributed by atoms with van der Waals surface area (Å²) in [7, 11) is 0. The van der Waals surface area contributed by atoms with Crippen molar-refractivity contribution in [1.82, 2.24) is 4.90 Å². The van der Waals surface area contributed by atoms with Gasteiger partial charge in [-0.2, -0.15) is 0 Å². The standard InChI is InChI=1S/C29H26FNO3/c30-20-7-5-6-18(14-20)28(32)19-15-21-12-13-22(16-19)31(21)29(33)34-17-27-25-10-3-1-8-23(25)24-9-2-4-11-26(24)27/h1-11,14,19,21-22,27H,12-13,15-17H2. The zero-order chi connectivity index (χ0) is 23.2. The topological polar surface area (TPSA) is 46.6 Å². The lowest BCUT2D eigenvalue weighted by molar-refractivity contribution is 0.0506. The fourth-order valence-electron chi connectivity index (χ4n) is 6.24. The number of halogens is 1. The minimum Gasteiger partial charge on any atom is -0.448 e. The Morgan fingerprint density at radius 1 is 0.853 bits per heavy atom. The molecule has 2 fully saturated rings. The third-order valence-electron chi connectivity index (χ3n) is 7.76. The van der Waals surface area contributed by atoms with Gasteiger partial charge in [0, 0.05) is 29.5 Å². The van der Waals surface area contributed by atoms with Gasteiger partial charge in [0.25, 0.3) is 0 Å². The average molecular weight is 456 g/mol. The Morgan fingerprint density at radius 2 is 1.47 bits per heavy atom. The van der Waals surface area contributed by atoms with Crippen LogP contribution in [0.4, 0.5) is 9.18 Å². The van der Waals surface area contributed by atoms with E-state index in [0.29, 0.717) is 25.0 Å². The van der Waals surface area contributed by atoms with Gasteiger partial charge in [0.2, 0.25) is 0 Å². The fourth-order valence-corrected chi connectivity index (χ4v) is 6.24. The molecule has 4 nitrogen and oxygen atoms in total. The van der Waals surface area contributed by atoms with Crippen molar-refractivity contribution in [3.8, 4) is 11.1 Å². The minimum absolute atomic E-state index is 0.00286. The van der Waals surface area contributed by atoms with E-state index in [4.69, 9.17) is 4.74 Å². The number of Topliss-reactive ketones (excluding diaryl/α,β-unsaturated/α-hetero) is 1. The normalized spacial score (nSPS) is 22.9. The van der Waals surface area contributed by atoms with Gasteiger partial charge in [-0.15, -0.1) is 0 Å². The third-order valence-corrected chi connectivity index (χ3v) is 7.76. The number of piperidine rings is 1. The van der Waals surface area contributed by atoms with E-state index in [9.17, 15) is 14.0 Å². The number of fused-ring (bicyclic) bond motifs is 5. The highest BCUT2D eigenvalue weighted by Crippen LogP contribution is 2.45. The Labute approximate surface area is 198 Å². The largest absolute Gasteiger partial charge is 0.448 e. The van der Waals surface area contributed by atoms with Crippen molar-refractivity contribution in [2.45, 2.75) is 43.7 Å². The number of hydrogen-bond acceptors (Lipinski definition) is 3. The summed E-state index contributed by atoms with van der Waals surface area (Å²) >= 11 is 0. The fraction of sp³-hybridized carbons (Fsp3) is 0.310. The number of ketones is 1. The zero-order valence-corrected chi connectivity index (χ0v) is 18.8. The SMILES string of the molecule is O=C(c1cccc(F)c1)C1CC2CCC(C1)N2C(=O)OCC1c2ccccc2-c2ccccc21. The van der Waals surface area contributed by atoms with E-state index in [1.807, 2.05) is 29.2 Å². The zero-order valence-electron chi connectivity index (χ0n) is 18.8. The molecule has 172 valence electrons. The van der Waals surface area contributed by atoms with E-state index >= 15 is 0 Å². The van der Waals surface area contributed by atoms with E-state index in [2.05, 4.69) is 24.3 Å². The number of benzene rings is 3. The molecule has 2 saturated heterocycles. The summed E-state index contributed by atoms with van der Waals surface area (Å²) in [6, 6.07) is 22.5. The van der Waals surface area contributed by atoms with E-state index in [0.717, 1.165) is 12.8 Å². The van der Waals surface area contributed by atoms with Crippen LogP contribution in [0, 0.1) is 11.7 Å². The summed E-state index contributed by atoms with van der Waals surface area (Å²) in [5, 5.41) is 0. The summed E-state index contributed by atoms with van der Waals surface area (Å²) in [4.78, 5) is 28.0. The predicted molar refractivity (Wildman–Crippen MR) is 127 cm³/mol. The molecular weight excluding hydrogens is 429 g/mol. The summed E-state index contributed by atoms with van der Waals surface area (Å²) in [6.07, 6.45) is 2.68. The maximum Gasteiger partial charge on any atom is 0.410 e. The van der Waals surface area contributed by atoms with Crippen LogP contribution in [0.5, 0.6) is 0 Å². The summed E-state index contributed by atoms with van der Waals surface area (Å²) in [5.74, 6) is -0.577. The van der Waals surface area contributed by atoms with Crippen molar-refractivity contribution in [2.24, 2.45) is 5.92 Å². The van der Waals surface area contributed by atoms with Gasteiger partial charge in [0.05, 0.1) is 0 Å². The molecule has 5 heteroatoms. The Balaban J connectivity index is 1.15. The van der Waals surface area contributed by atoms with Crippen LogP contribution in [0.15, 0.2) is 72.8 Å². The quantitative estimate of drug-likeness (QED) is 0.440. The molecule has 0 N–H and O–H groups in total. The number of rotatable bonds is 4. The molecule has 2 atom stereocenters. The van der Waals surface area contributed by atoms with Crippen molar-refractivity contribution in [2.75, 3.05) is 6.61 Å². The highest BCUT2D eigenvalue weighted by Gasteiger charge is 2.46. The van der Waals surface area contributed by atoms with E-state index in [1.165, 1.54) is 34.4 Å². The first-order chi connectivity index (χ1) is 16.6. The second-order valence-corrected chi connectivity index (χ2v) is 9.64. The van der Waals surface area contributed by atoms with Gasteiger partial charge in [-0.3, -0.25) is 4.79 Å². The second-order valence-electron chi connectivity index (χ2n) is 9.64. The Kier molecular flexibility index (Phi) is 5.20. The van der Waals surface area contributed by atoms with Crippen molar-refractivity contribution in [1.29, 1.82) is 0 Å². The van der Waals surface area contributed by atoms with Crippen molar-refractivity contribution in [3.63, 3.8) is 0 Å². The van der Waals surface area contributed by atoms with Gasteiger partial charge in [0.15, 0.2) is 5.78 Å². The van der Waals surface area contributed by atoms with E-state index in [-0.39, 0.29) is 35.8 Å². The maximum absolute atomic E-state index is 13.6. The van der Waals surface area contributed by atoms with Gasteiger partial charge in [-0.25, -0.2) is 9.18 Å². The highest BCUT2D eigenvalue weighted by atomic mass is 19.1. The molecule has 0 radical (unpaired) electrons. The lowest BCUT2D eigenvalue weighted by Gasteiger charge is -2.37. The molecule has 3 aromatic rings. The molecule has 1 amide bonds. The van der Waals surface area contributed by atoms with Gasteiger partial charge >= 0.3 is 6.09 Å². The van der Waals surface area contributed by atoms with Crippen LogP contribution in [0.3, 0.4) is 0 Å². The van der Waals surface area contributed by atoms with Crippen molar-refractivity contribution in [3.05, 3.63) is 95.3 Å². The lowest BCUT2D eigenvalue weighted by Crippen LogP contribution is -2.48. The average Bonchev–Trinajstić information content (AvgIpc) is 3.32. The molecule has 1 aliphatic carbocycles. The molecule has 34 heavy (non-hydrogen) atoms. The third kappa shape index (κ3) is 3.51. The molecule has 0 spiro atoms. The summed E-state index contributed by atoms with van der Waals surface area (Å²) < 4.78 is 19.5. The van der Waals surface area contributed by atoms with Gasteiger partial charge < -0.3 is 9.64 Å². The monoisotopic (exact) mass is 455 g/mol. The van der Waals surface area contributed by atoms with Crippen LogP contribution in [0.2, 0.25) is 0 Å². The second kappa shape index (κ2) is 8.39. The number of hydrogen-bond donors (Lipinski definition) is 0. The number of carbonyl (C=O) groups is 2. The number of carbonyl (C=O) groups excluding carboxylic acids is 2. The Hall–Kier alpha value is -3.47. The lowest BCUT2D eigenvalue weighted by atomic mass is 9.85. The van der Waals surface area contributed by atoms with E-state index in [1.54, 1.807) is 12.1 Å². The molecule has 0 aromatic heterocycles. The molecule has 2 bridgehead atoms. The van der Waals surface area contributed by atoms with Crippen molar-refractivity contribution < 1.29 is 18.7 Å². The molecule has 2 heterocycles. The smallest absolute Gasteiger partial charge is 0.410 e. The molecule has 6 rings (SSSR count). The predicted octanol–water partition coefficient (Wildman–Crippen LogP) is 6.20. The van der Waals surface area contributed by atoms with Crippen LogP contribution < -0.4 is 0 Å². The summed E-state index contributed by atoms with van der Waals surface area (Å²) in [6.45, 7) is 0.300. The molecule has 0 saturated carbocycles. The van der Waals surface area contributed by atoms with Gasteiger partial charge in [-0.05, 0) is 60.1 Å². The van der Waals surface area contributed by atoms with Crippen LogP contribution in [-0.2, 0) is 4.74 Å². The molecule has 3 aromatic carbocycles. The van der Waals surface area contributed by atoms with Crippen LogP contribution in [0.25, 0.3) is 11.1 Å². The first kappa shape index (κ1) is 21.1. The number of ether oxygens (including phenoxy) is 1. The number of nitrogens with zero attached hydrogens (tertiary/aromatic N) is 1. The summed E-state index contributed by atoms with van der Waals surface area (Å²) in [5.41, 5.74) is 5.21. The van der Waals surface area contributed by atoms with Gasteiger partial charge in [-0.1, -0.05) is 60.7 Å². The van der Waals surface area contributed by atoms with Crippen LogP contribution >= 0.6 is 0 Å². The Bertz CT molecular complexity index is 1210. The molecule has 2 unspecified atom stereocenters. The first-order valence-electron chi connectivity index (χ1n) is 12.0. The van der Waals surface area contributed by atoms with E-state index < -0.39 is 5.82 Å². The molecule has 2 aliphatic heterocycles. The van der Waals surface area contributed by atoms with Crippen molar-refractivity contribution >= 4 is 11.9 Å². The Morgan fingerprint density at radius 3 is 2.09 bits per heavy atom. The first-order valence-corrected chi connectivity index (χ1v) is 12.0. The molecule has 3 aliphatic rings. The number of amides is 1. The minimum atomic E-state index is -0.398. The molecular formula is C29H26FNO3. The highest BCUT2D eigenvalue weighted by molar-refractivity contribution is 5.98. The van der Waals surface area contributed by atoms with Crippen LogP contribution in [0.1, 0.15) is 53.1 Å².